The summed E-state index contributed by atoms with van der Waals surface area (Å²) in [5, 5.41) is 1.33. The Hall–Kier alpha value is -1.46. The molecule has 0 aliphatic carbocycles. The highest BCUT2D eigenvalue weighted by atomic mass is 19.1. The first-order valence-corrected chi connectivity index (χ1v) is 7.82. The Kier molecular flexibility index (Phi) is 4.19. The van der Waals surface area contributed by atoms with E-state index in [0.29, 0.717) is 6.04 Å². The zero-order chi connectivity index (χ0) is 15.9. The lowest BCUT2D eigenvalue weighted by Gasteiger charge is -2.43. The Morgan fingerprint density at radius 3 is 2.64 bits per heavy atom. The molecule has 5 heteroatoms. The van der Waals surface area contributed by atoms with Gasteiger partial charge in [0.2, 0.25) is 0 Å². The van der Waals surface area contributed by atoms with Gasteiger partial charge in [-0.25, -0.2) is 9.45 Å². The lowest BCUT2D eigenvalue weighted by atomic mass is 9.75. The van der Waals surface area contributed by atoms with E-state index in [9.17, 15) is 9.18 Å². The van der Waals surface area contributed by atoms with E-state index in [1.807, 2.05) is 12.1 Å². The quantitative estimate of drug-likeness (QED) is 0.804. The van der Waals surface area contributed by atoms with Crippen LogP contribution in [-0.2, 0) is 9.63 Å². The third-order valence-electron chi connectivity index (χ3n) is 5.44. The van der Waals surface area contributed by atoms with Gasteiger partial charge in [0.15, 0.2) is 0 Å². The van der Waals surface area contributed by atoms with E-state index in [0.717, 1.165) is 24.8 Å². The number of hydrogen-bond acceptors (Lipinski definition) is 3. The number of nitrogens with zero attached hydrogens (tertiary/aromatic N) is 2. The highest BCUT2D eigenvalue weighted by molar-refractivity contribution is 5.80. The normalized spacial score (nSPS) is 31.3. The summed E-state index contributed by atoms with van der Waals surface area (Å²) < 4.78 is 13.2. The Labute approximate surface area is 130 Å². The fourth-order valence-electron chi connectivity index (χ4n) is 4.16. The van der Waals surface area contributed by atoms with Crippen molar-refractivity contribution >= 4 is 5.91 Å². The van der Waals surface area contributed by atoms with Crippen molar-refractivity contribution in [3.63, 3.8) is 0 Å². The zero-order valence-corrected chi connectivity index (χ0v) is 13.3. The van der Waals surface area contributed by atoms with E-state index in [1.165, 1.54) is 24.3 Å². The summed E-state index contributed by atoms with van der Waals surface area (Å²) in [7, 11) is 5.27. The number of benzene rings is 1. The molecule has 3 rings (SSSR count). The number of rotatable bonds is 3. The molecule has 2 heterocycles. The fourth-order valence-corrected chi connectivity index (χ4v) is 4.16. The Bertz CT molecular complexity index is 548. The molecule has 2 bridgehead atoms. The van der Waals surface area contributed by atoms with Crippen LogP contribution in [0.15, 0.2) is 24.3 Å². The van der Waals surface area contributed by atoms with Crippen molar-refractivity contribution in [2.45, 2.75) is 37.3 Å². The van der Waals surface area contributed by atoms with Crippen molar-refractivity contribution in [2.24, 2.45) is 5.92 Å². The number of fused-ring (bicyclic) bond motifs is 2. The summed E-state index contributed by atoms with van der Waals surface area (Å²) in [6.45, 7) is 0. The second kappa shape index (κ2) is 5.97. The molecule has 0 spiro atoms. The number of halogens is 1. The molecule has 22 heavy (non-hydrogen) atoms. The van der Waals surface area contributed by atoms with Gasteiger partial charge in [0.05, 0.1) is 13.0 Å². The van der Waals surface area contributed by atoms with Crippen LogP contribution in [0.3, 0.4) is 0 Å². The topological polar surface area (TPSA) is 32.8 Å². The van der Waals surface area contributed by atoms with Gasteiger partial charge in [-0.1, -0.05) is 12.1 Å². The standard InChI is InChI=1S/C17H23FN2O2/c1-19-13-8-9-15(19)16(17(21)20(2)22-3)14(10-13)11-4-6-12(18)7-5-11/h4-7,13-16H,8-10H2,1-3H3/t13?,14-,15?,16-/m0/s1. The molecular formula is C17H23FN2O2. The molecule has 0 aromatic heterocycles. The average Bonchev–Trinajstić information content (AvgIpc) is 2.76. The minimum absolute atomic E-state index is 0.00836. The number of piperidine rings is 1. The van der Waals surface area contributed by atoms with Gasteiger partial charge in [0.25, 0.3) is 5.91 Å². The Morgan fingerprint density at radius 1 is 1.32 bits per heavy atom. The molecule has 120 valence electrons. The van der Waals surface area contributed by atoms with Crippen molar-refractivity contribution in [1.82, 2.24) is 9.96 Å². The molecule has 0 N–H and O–H groups in total. The van der Waals surface area contributed by atoms with Crippen LogP contribution in [0.1, 0.15) is 30.7 Å². The van der Waals surface area contributed by atoms with Gasteiger partial charge in [-0.15, -0.1) is 0 Å². The average molecular weight is 306 g/mol. The van der Waals surface area contributed by atoms with Crippen LogP contribution >= 0.6 is 0 Å². The number of hydroxylamine groups is 2. The molecule has 1 amide bonds. The molecule has 0 radical (unpaired) electrons. The molecule has 1 aromatic carbocycles. The second-order valence-electron chi connectivity index (χ2n) is 6.40. The van der Waals surface area contributed by atoms with E-state index in [4.69, 9.17) is 4.84 Å². The lowest BCUT2D eigenvalue weighted by Crippen LogP contribution is -2.51. The number of carbonyl (C=O) groups is 1. The van der Waals surface area contributed by atoms with Gasteiger partial charge in [-0.2, -0.15) is 0 Å². The third kappa shape index (κ3) is 2.52. The molecular weight excluding hydrogens is 283 g/mol. The Morgan fingerprint density at radius 2 is 2.00 bits per heavy atom. The molecule has 2 saturated heterocycles. The highest BCUT2D eigenvalue weighted by Crippen LogP contribution is 2.46. The maximum Gasteiger partial charge on any atom is 0.251 e. The summed E-state index contributed by atoms with van der Waals surface area (Å²) in [6, 6.07) is 7.35. The van der Waals surface area contributed by atoms with Crippen LogP contribution in [-0.4, -0.2) is 49.2 Å². The van der Waals surface area contributed by atoms with Crippen molar-refractivity contribution in [1.29, 1.82) is 0 Å². The maximum absolute atomic E-state index is 13.2. The molecule has 1 aromatic rings. The summed E-state index contributed by atoms with van der Waals surface area (Å²) in [6.07, 6.45) is 3.10. The van der Waals surface area contributed by atoms with Gasteiger partial charge < -0.3 is 0 Å². The molecule has 2 aliphatic heterocycles. The van der Waals surface area contributed by atoms with Gasteiger partial charge in [-0.05, 0) is 49.9 Å². The van der Waals surface area contributed by atoms with Crippen LogP contribution in [0, 0.1) is 11.7 Å². The van der Waals surface area contributed by atoms with Gasteiger partial charge in [0, 0.05) is 19.1 Å². The number of amides is 1. The van der Waals surface area contributed by atoms with E-state index in [-0.39, 0.29) is 29.6 Å². The first kappa shape index (κ1) is 15.4. The fraction of sp³-hybridized carbons (Fsp3) is 0.588. The van der Waals surface area contributed by atoms with Gasteiger partial charge in [0.1, 0.15) is 5.82 Å². The minimum Gasteiger partial charge on any atom is -0.300 e. The number of carbonyl (C=O) groups excluding carboxylic acids is 1. The van der Waals surface area contributed by atoms with E-state index >= 15 is 0 Å². The van der Waals surface area contributed by atoms with E-state index < -0.39 is 0 Å². The third-order valence-corrected chi connectivity index (χ3v) is 5.44. The molecule has 2 aliphatic rings. The molecule has 2 fully saturated rings. The van der Waals surface area contributed by atoms with Crippen LogP contribution in [0.2, 0.25) is 0 Å². The van der Waals surface area contributed by atoms with Crippen LogP contribution in [0.25, 0.3) is 0 Å². The summed E-state index contributed by atoms with van der Waals surface area (Å²) in [5.41, 5.74) is 1.05. The molecule has 4 nitrogen and oxygen atoms in total. The predicted molar refractivity (Wildman–Crippen MR) is 81.6 cm³/mol. The van der Waals surface area contributed by atoms with E-state index in [1.54, 1.807) is 7.05 Å². The predicted octanol–water partition coefficient (Wildman–Crippen LogP) is 2.41. The second-order valence-corrected chi connectivity index (χ2v) is 6.40. The Balaban J connectivity index is 1.95. The van der Waals surface area contributed by atoms with Crippen molar-refractivity contribution in [2.75, 3.05) is 21.2 Å². The van der Waals surface area contributed by atoms with Crippen LogP contribution < -0.4 is 0 Å². The van der Waals surface area contributed by atoms with Crippen molar-refractivity contribution in [3.8, 4) is 0 Å². The molecule has 2 unspecified atom stereocenters. The first-order valence-electron chi connectivity index (χ1n) is 7.82. The zero-order valence-electron chi connectivity index (χ0n) is 13.3. The maximum atomic E-state index is 13.2. The van der Waals surface area contributed by atoms with Crippen molar-refractivity contribution < 1.29 is 14.0 Å². The van der Waals surface area contributed by atoms with Gasteiger partial charge >= 0.3 is 0 Å². The molecule has 0 saturated carbocycles. The smallest absolute Gasteiger partial charge is 0.251 e. The first-order chi connectivity index (χ1) is 10.5. The van der Waals surface area contributed by atoms with E-state index in [2.05, 4.69) is 11.9 Å². The van der Waals surface area contributed by atoms with Crippen LogP contribution in [0.5, 0.6) is 0 Å². The highest BCUT2D eigenvalue weighted by Gasteiger charge is 2.49. The SMILES string of the molecule is CON(C)C(=O)[C@@H]1C2CCC(C[C@H]1c1ccc(F)cc1)N2C. The van der Waals surface area contributed by atoms with Crippen LogP contribution in [0.4, 0.5) is 4.39 Å². The molecule has 4 atom stereocenters. The largest absolute Gasteiger partial charge is 0.300 e. The van der Waals surface area contributed by atoms with Crippen molar-refractivity contribution in [3.05, 3.63) is 35.6 Å². The monoisotopic (exact) mass is 306 g/mol. The summed E-state index contributed by atoms with van der Waals surface area (Å²) in [5.74, 6) is -0.246. The number of hydrogen-bond donors (Lipinski definition) is 0. The lowest BCUT2D eigenvalue weighted by molar-refractivity contribution is -0.177. The summed E-state index contributed by atoms with van der Waals surface area (Å²) >= 11 is 0. The summed E-state index contributed by atoms with van der Waals surface area (Å²) in [4.78, 5) is 20.3. The minimum atomic E-state index is -0.239. The van der Waals surface area contributed by atoms with Gasteiger partial charge in [-0.3, -0.25) is 14.5 Å².